The van der Waals surface area contributed by atoms with E-state index in [4.69, 9.17) is 15.1 Å². The molecule has 0 unspecified atom stereocenters. The van der Waals surface area contributed by atoms with Crippen LogP contribution in [0.1, 0.15) is 83.8 Å². The van der Waals surface area contributed by atoms with Crippen molar-refractivity contribution in [1.29, 1.82) is 0 Å². The zero-order valence-corrected chi connectivity index (χ0v) is 31.6. The van der Waals surface area contributed by atoms with E-state index in [-0.39, 0.29) is 31.4 Å². The fraction of sp³-hybridized carbons (Fsp3) is 0.457. The summed E-state index contributed by atoms with van der Waals surface area (Å²) in [5.74, 6) is -0.527. The molecule has 18 heteroatoms. The molecule has 3 aliphatic rings. The Hall–Kier alpha value is -4.33. The Bertz CT molecular complexity index is 1960. The summed E-state index contributed by atoms with van der Waals surface area (Å²) in [7, 11) is -4.11. The molecular weight excluding hydrogens is 729 g/mol. The van der Waals surface area contributed by atoms with Gasteiger partial charge in [0.15, 0.2) is 5.71 Å². The van der Waals surface area contributed by atoms with Gasteiger partial charge in [-0.15, -0.1) is 9.40 Å². The summed E-state index contributed by atoms with van der Waals surface area (Å²) in [6, 6.07) is 5.81. The average molecular weight is 772 g/mol. The molecule has 1 fully saturated rings. The third-order valence-corrected chi connectivity index (χ3v) is 10.5. The van der Waals surface area contributed by atoms with Gasteiger partial charge in [0.05, 0.1) is 40.9 Å². The van der Waals surface area contributed by atoms with Crippen molar-refractivity contribution in [3.63, 3.8) is 0 Å². The lowest BCUT2D eigenvalue weighted by molar-refractivity contribution is -0.684. The van der Waals surface area contributed by atoms with Gasteiger partial charge in [0.2, 0.25) is 0 Å². The van der Waals surface area contributed by atoms with Gasteiger partial charge in [-0.2, -0.15) is 8.42 Å². The van der Waals surface area contributed by atoms with Crippen LogP contribution in [0.4, 0.5) is 17.3 Å². The fourth-order valence-corrected chi connectivity index (χ4v) is 7.32. The molecule has 0 bridgehead atoms. The van der Waals surface area contributed by atoms with Crippen LogP contribution in [0, 0.1) is 0 Å². The van der Waals surface area contributed by atoms with Crippen LogP contribution in [0.25, 0.3) is 0 Å². The Morgan fingerprint density at radius 3 is 2.57 bits per heavy atom. The summed E-state index contributed by atoms with van der Waals surface area (Å²) >= 11 is 0.691. The van der Waals surface area contributed by atoms with E-state index in [1.165, 1.54) is 5.55 Å². The number of pyridine rings is 2. The number of anilines is 1. The Morgan fingerprint density at radius 1 is 1.09 bits per heavy atom. The first-order valence-electron chi connectivity index (χ1n) is 17.1. The van der Waals surface area contributed by atoms with Crippen molar-refractivity contribution in [2.45, 2.75) is 90.0 Å². The first-order chi connectivity index (χ1) is 25.1. The van der Waals surface area contributed by atoms with Gasteiger partial charge in [-0.05, 0) is 68.8 Å². The molecule has 284 valence electrons. The molecule has 3 aliphatic heterocycles. The highest BCUT2D eigenvalue weighted by Crippen LogP contribution is 2.46. The Morgan fingerprint density at radius 2 is 1.85 bits per heavy atom. The van der Waals surface area contributed by atoms with Crippen molar-refractivity contribution in [2.24, 2.45) is 9.98 Å². The summed E-state index contributed by atoms with van der Waals surface area (Å²) in [4.78, 5) is 56.8. The maximum Gasteiger partial charge on any atom is 0.333 e. The SMILES string of the molecule is CC1(C)C(/C=C/C=C2/N(CCCS(=O)(=O)O)c3ncccc3C2(C)C)=Nc2c1cc(N=CSOOO)c[n+]2CCCCCC(=O)ON1C(=O)CCC1=O. The van der Waals surface area contributed by atoms with Crippen molar-refractivity contribution in [3.8, 4) is 0 Å². The Kier molecular flexibility index (Phi) is 12.6. The topological polar surface area (TPSA) is 201 Å². The van der Waals surface area contributed by atoms with E-state index in [1.54, 1.807) is 6.20 Å². The molecule has 0 atom stereocenters. The number of hydrogen-bond acceptors (Lipinski definition) is 14. The number of allylic oxidation sites excluding steroid dienone is 4. The number of hydroxylamine groups is 2. The first kappa shape index (κ1) is 39.9. The summed E-state index contributed by atoms with van der Waals surface area (Å²) in [5, 5.41) is 12.7. The maximum atomic E-state index is 12.2. The van der Waals surface area contributed by atoms with Crippen molar-refractivity contribution < 1.29 is 51.4 Å². The summed E-state index contributed by atoms with van der Waals surface area (Å²) in [6.45, 7) is 9.19. The Balaban J connectivity index is 1.34. The van der Waals surface area contributed by atoms with Gasteiger partial charge >= 0.3 is 11.8 Å². The monoisotopic (exact) mass is 771 g/mol. The predicted molar refractivity (Wildman–Crippen MR) is 196 cm³/mol. The number of nitrogens with zero attached hydrogens (tertiary/aromatic N) is 6. The molecule has 2 amide bonds. The molecule has 53 heavy (non-hydrogen) atoms. The quantitative estimate of drug-likeness (QED) is 0.0247. The molecule has 0 aliphatic carbocycles. The number of carbonyl (C=O) groups excluding carboxylic acids is 3. The average Bonchev–Trinajstić information content (AvgIpc) is 3.63. The number of aromatic nitrogens is 2. The predicted octanol–water partition coefficient (Wildman–Crippen LogP) is 5.15. The summed E-state index contributed by atoms with van der Waals surface area (Å²) < 4.78 is 38.7. The fourth-order valence-electron chi connectivity index (χ4n) is 6.59. The van der Waals surface area contributed by atoms with Crippen LogP contribution in [-0.2, 0) is 56.1 Å². The third kappa shape index (κ3) is 9.43. The van der Waals surface area contributed by atoms with Gasteiger partial charge < -0.3 is 9.74 Å². The van der Waals surface area contributed by atoms with E-state index in [0.717, 1.165) is 34.2 Å². The van der Waals surface area contributed by atoms with Gasteiger partial charge in [0.25, 0.3) is 21.9 Å². The molecule has 0 radical (unpaired) electrons. The number of unbranched alkanes of at least 4 members (excludes halogenated alkanes) is 2. The molecule has 5 rings (SSSR count). The zero-order chi connectivity index (χ0) is 38.4. The Labute approximate surface area is 312 Å². The largest absolute Gasteiger partial charge is 0.333 e. The lowest BCUT2D eigenvalue weighted by Gasteiger charge is -2.26. The van der Waals surface area contributed by atoms with Crippen molar-refractivity contribution in [1.82, 2.24) is 10.0 Å². The number of carbonyl (C=O) groups is 3. The number of fused-ring (bicyclic) bond motifs is 2. The molecule has 5 heterocycles. The van der Waals surface area contributed by atoms with E-state index < -0.39 is 38.7 Å². The van der Waals surface area contributed by atoms with Crippen LogP contribution in [-0.4, -0.2) is 69.6 Å². The molecule has 0 spiro atoms. The molecule has 2 aromatic heterocycles. The second-order valence-electron chi connectivity index (χ2n) is 13.8. The number of rotatable bonds is 17. The van der Waals surface area contributed by atoms with Crippen molar-refractivity contribution >= 4 is 68.5 Å². The van der Waals surface area contributed by atoms with Gasteiger partial charge in [0, 0.05) is 48.7 Å². The second-order valence-corrected chi connectivity index (χ2v) is 15.9. The number of aryl methyl sites for hydroxylation is 1. The highest BCUT2D eigenvalue weighted by molar-refractivity contribution is 8.07. The minimum absolute atomic E-state index is 0.0392. The molecule has 16 nitrogen and oxygen atoms in total. The van der Waals surface area contributed by atoms with E-state index in [0.29, 0.717) is 55.1 Å². The zero-order valence-electron chi connectivity index (χ0n) is 29.9. The minimum Gasteiger partial charge on any atom is -0.330 e. The van der Waals surface area contributed by atoms with Gasteiger partial charge in [-0.1, -0.05) is 31.0 Å². The van der Waals surface area contributed by atoms with Crippen LogP contribution in [0.2, 0.25) is 0 Å². The normalized spacial score (nSPS) is 18.5. The smallest absolute Gasteiger partial charge is 0.330 e. The van der Waals surface area contributed by atoms with Gasteiger partial charge in [0.1, 0.15) is 17.7 Å². The van der Waals surface area contributed by atoms with Gasteiger partial charge in [-0.25, -0.2) is 24.6 Å². The van der Waals surface area contributed by atoms with E-state index in [1.807, 2.05) is 52.1 Å². The highest BCUT2D eigenvalue weighted by atomic mass is 32.2. The molecule has 2 N–H and O–H groups in total. The number of hydrogen-bond donors (Lipinski definition) is 2. The number of imide groups is 1. The summed E-state index contributed by atoms with van der Waals surface area (Å²) in [6.07, 6.45) is 11.6. The summed E-state index contributed by atoms with van der Waals surface area (Å²) in [5.41, 5.74) is 4.67. The number of amides is 2. The molecule has 2 aromatic rings. The van der Waals surface area contributed by atoms with Crippen LogP contribution < -0.4 is 9.47 Å². The second kappa shape index (κ2) is 16.8. The van der Waals surface area contributed by atoms with E-state index in [2.05, 4.69) is 47.0 Å². The highest BCUT2D eigenvalue weighted by Gasteiger charge is 2.43. The van der Waals surface area contributed by atoms with E-state index in [9.17, 15) is 27.4 Å². The van der Waals surface area contributed by atoms with Crippen LogP contribution in [0.15, 0.2) is 64.5 Å². The van der Waals surface area contributed by atoms with Crippen LogP contribution in [0.3, 0.4) is 0 Å². The van der Waals surface area contributed by atoms with E-state index >= 15 is 0 Å². The lowest BCUT2D eigenvalue weighted by atomic mass is 9.81. The van der Waals surface area contributed by atoms with Gasteiger partial charge in [-0.3, -0.25) is 14.1 Å². The molecule has 1 saturated heterocycles. The molecular formula is C35H43N6O10S2+. The molecule has 0 saturated carbocycles. The maximum absolute atomic E-state index is 12.2. The third-order valence-electron chi connectivity index (χ3n) is 9.37. The van der Waals surface area contributed by atoms with Crippen LogP contribution in [0.5, 0.6) is 0 Å². The first-order valence-corrected chi connectivity index (χ1v) is 19.5. The van der Waals surface area contributed by atoms with Crippen molar-refractivity contribution in [3.05, 3.63) is 65.6 Å². The lowest BCUT2D eigenvalue weighted by Crippen LogP contribution is -2.35. The molecule has 0 aromatic carbocycles. The van der Waals surface area contributed by atoms with Crippen molar-refractivity contribution in [2.75, 3.05) is 17.2 Å². The standard InChI is InChI=1S/C35H42N6O10S2/c1-34(2)26-21-24(37-23-52-51-50-45)22-39(18-7-5-6-14-31(44)49-41-29(42)15-16-30(41)43)33(26)38-27(34)12-8-13-28-35(3,4)25-11-9-17-36-32(25)40(28)19-10-20-53(46,47)48/h8-9,11-13,17,21-23H,5-7,10,14-16,18-20H2,1-4H3,(H-,45,46,47,48)/p+1. The minimum atomic E-state index is -4.11. The van der Waals surface area contributed by atoms with Crippen LogP contribution >= 0.6 is 12.0 Å². The number of aliphatic imine (C=N–C) groups is 2.